The summed E-state index contributed by atoms with van der Waals surface area (Å²) in [6.07, 6.45) is 3.60. The topological polar surface area (TPSA) is 75.9 Å². The maximum atomic E-state index is 12.8. The van der Waals surface area contributed by atoms with E-state index < -0.39 is 5.91 Å². The van der Waals surface area contributed by atoms with Crippen molar-refractivity contribution < 1.29 is 14.3 Å². The molecule has 0 atom stereocenters. The molecule has 3 rings (SSSR count). The van der Waals surface area contributed by atoms with Crippen molar-refractivity contribution in [3.05, 3.63) is 66.4 Å². The number of para-hydroxylation sites is 1. The number of ether oxygens (including phenoxy) is 1. The van der Waals surface area contributed by atoms with E-state index in [1.54, 1.807) is 29.3 Å². The van der Waals surface area contributed by atoms with Gasteiger partial charge in [0.15, 0.2) is 0 Å². The zero-order chi connectivity index (χ0) is 17.1. The number of rotatable bonds is 4. The van der Waals surface area contributed by atoms with E-state index in [0.29, 0.717) is 18.0 Å². The predicted molar refractivity (Wildman–Crippen MR) is 92.3 cm³/mol. The van der Waals surface area contributed by atoms with Gasteiger partial charge in [0, 0.05) is 24.5 Å². The molecule has 0 saturated heterocycles. The lowest BCUT2D eigenvalue weighted by Crippen LogP contribution is -2.44. The highest BCUT2D eigenvalue weighted by molar-refractivity contribution is 6.06. The van der Waals surface area contributed by atoms with Crippen molar-refractivity contribution in [2.24, 2.45) is 5.73 Å². The molecule has 0 aliphatic carbocycles. The summed E-state index contributed by atoms with van der Waals surface area (Å²) in [6, 6.07) is 14.1. The van der Waals surface area contributed by atoms with Gasteiger partial charge in [-0.05, 0) is 30.3 Å². The summed E-state index contributed by atoms with van der Waals surface area (Å²) < 4.78 is 5.21. The van der Waals surface area contributed by atoms with Crippen LogP contribution in [0.4, 0.5) is 16.2 Å². The fraction of sp³-hybridized carbons (Fsp3) is 0.111. The molecule has 1 aliphatic heterocycles. The molecular formula is C18H17N3O3. The molecule has 2 aromatic rings. The Morgan fingerprint density at radius 2 is 1.88 bits per heavy atom. The van der Waals surface area contributed by atoms with Crippen LogP contribution in [-0.4, -0.2) is 25.6 Å². The molecule has 0 aromatic heterocycles. The quantitative estimate of drug-likeness (QED) is 0.940. The number of urea groups is 1. The molecule has 2 N–H and O–H groups in total. The molecule has 0 saturated carbocycles. The van der Waals surface area contributed by atoms with Gasteiger partial charge in [0.2, 0.25) is 0 Å². The summed E-state index contributed by atoms with van der Waals surface area (Å²) in [4.78, 5) is 27.4. The van der Waals surface area contributed by atoms with Crippen molar-refractivity contribution in [3.63, 3.8) is 0 Å². The van der Waals surface area contributed by atoms with Gasteiger partial charge in [-0.25, -0.2) is 4.79 Å². The minimum atomic E-state index is -0.579. The van der Waals surface area contributed by atoms with E-state index in [4.69, 9.17) is 10.5 Å². The fourth-order valence-corrected chi connectivity index (χ4v) is 2.58. The Labute approximate surface area is 139 Å². The third kappa shape index (κ3) is 2.81. The Morgan fingerprint density at radius 1 is 1.12 bits per heavy atom. The first-order valence-corrected chi connectivity index (χ1v) is 7.42. The summed E-state index contributed by atoms with van der Waals surface area (Å²) in [5.74, 6) is -0.247. The number of primary amides is 1. The number of benzene rings is 2. The molecule has 0 spiro atoms. The van der Waals surface area contributed by atoms with Crippen molar-refractivity contribution in [1.29, 1.82) is 0 Å². The Balaban J connectivity index is 1.95. The molecule has 0 fully saturated rings. The molecule has 2 aromatic carbocycles. The lowest BCUT2D eigenvalue weighted by atomic mass is 10.1. The van der Waals surface area contributed by atoms with Crippen molar-refractivity contribution in [2.75, 3.05) is 23.5 Å². The van der Waals surface area contributed by atoms with Gasteiger partial charge in [-0.3, -0.25) is 14.6 Å². The van der Waals surface area contributed by atoms with Gasteiger partial charge in [0.1, 0.15) is 5.75 Å². The van der Waals surface area contributed by atoms with Gasteiger partial charge in [-0.2, -0.15) is 0 Å². The van der Waals surface area contributed by atoms with Crippen LogP contribution in [0.2, 0.25) is 0 Å². The molecule has 0 radical (unpaired) electrons. The third-order valence-corrected chi connectivity index (χ3v) is 3.78. The summed E-state index contributed by atoms with van der Waals surface area (Å²) in [5.41, 5.74) is 7.01. The van der Waals surface area contributed by atoms with E-state index in [2.05, 4.69) is 0 Å². The lowest BCUT2D eigenvalue weighted by Gasteiger charge is -2.31. The van der Waals surface area contributed by atoms with Crippen molar-refractivity contribution in [3.8, 4) is 5.75 Å². The van der Waals surface area contributed by atoms with E-state index >= 15 is 0 Å². The van der Waals surface area contributed by atoms with Crippen LogP contribution in [0.5, 0.6) is 5.75 Å². The normalized spacial score (nSPS) is 14.0. The lowest BCUT2D eigenvalue weighted by molar-refractivity contribution is 0.0997. The highest BCUT2D eigenvalue weighted by atomic mass is 16.5. The number of amides is 3. The van der Waals surface area contributed by atoms with Crippen LogP contribution in [0.1, 0.15) is 10.4 Å². The van der Waals surface area contributed by atoms with E-state index in [1.807, 2.05) is 36.4 Å². The van der Waals surface area contributed by atoms with Crippen molar-refractivity contribution in [2.45, 2.75) is 0 Å². The Bertz CT molecular complexity index is 802. The fourth-order valence-electron chi connectivity index (χ4n) is 2.58. The van der Waals surface area contributed by atoms with Gasteiger partial charge < -0.3 is 10.5 Å². The summed E-state index contributed by atoms with van der Waals surface area (Å²) >= 11 is 0. The average molecular weight is 323 g/mol. The molecule has 1 aliphatic rings. The second-order valence-corrected chi connectivity index (χ2v) is 5.23. The van der Waals surface area contributed by atoms with Crippen LogP contribution < -0.4 is 20.3 Å². The number of hydrogen-bond donors (Lipinski definition) is 1. The van der Waals surface area contributed by atoms with Crippen LogP contribution in [0.15, 0.2) is 60.8 Å². The minimum Gasteiger partial charge on any atom is -0.496 e. The van der Waals surface area contributed by atoms with Crippen LogP contribution >= 0.6 is 0 Å². The summed E-state index contributed by atoms with van der Waals surface area (Å²) in [7, 11) is 1.45. The molecule has 3 amide bonds. The summed E-state index contributed by atoms with van der Waals surface area (Å²) in [6.45, 7) is 0.496. The average Bonchev–Trinajstić information content (AvgIpc) is 2.62. The highest BCUT2D eigenvalue weighted by Crippen LogP contribution is 2.29. The number of nitrogens with two attached hydrogens (primary N) is 1. The third-order valence-electron chi connectivity index (χ3n) is 3.78. The molecule has 24 heavy (non-hydrogen) atoms. The van der Waals surface area contributed by atoms with E-state index in [-0.39, 0.29) is 11.6 Å². The second-order valence-electron chi connectivity index (χ2n) is 5.23. The molecule has 122 valence electrons. The number of methoxy groups -OCH3 is 1. The van der Waals surface area contributed by atoms with Crippen LogP contribution in [0, 0.1) is 0 Å². The van der Waals surface area contributed by atoms with E-state index in [0.717, 1.165) is 5.69 Å². The van der Waals surface area contributed by atoms with Crippen LogP contribution in [0.25, 0.3) is 0 Å². The Hall–Kier alpha value is -3.28. The molecule has 0 bridgehead atoms. The van der Waals surface area contributed by atoms with Gasteiger partial charge in [-0.15, -0.1) is 0 Å². The Morgan fingerprint density at radius 3 is 2.54 bits per heavy atom. The first kappa shape index (κ1) is 15.6. The minimum absolute atomic E-state index is 0.183. The predicted octanol–water partition coefficient (Wildman–Crippen LogP) is 2.75. The largest absolute Gasteiger partial charge is 0.496 e. The number of anilines is 2. The van der Waals surface area contributed by atoms with Crippen LogP contribution in [0.3, 0.4) is 0 Å². The van der Waals surface area contributed by atoms with E-state index in [9.17, 15) is 9.59 Å². The number of hydrogen-bond acceptors (Lipinski definition) is 3. The maximum Gasteiger partial charge on any atom is 0.333 e. The van der Waals surface area contributed by atoms with Gasteiger partial charge in [0.05, 0.1) is 18.4 Å². The molecular weight excluding hydrogens is 306 g/mol. The van der Waals surface area contributed by atoms with Gasteiger partial charge in [0.25, 0.3) is 5.91 Å². The first-order valence-electron chi connectivity index (χ1n) is 7.42. The van der Waals surface area contributed by atoms with Gasteiger partial charge in [-0.1, -0.05) is 18.2 Å². The van der Waals surface area contributed by atoms with Crippen molar-refractivity contribution >= 4 is 23.3 Å². The number of carbonyl (C=O) groups is 2. The van der Waals surface area contributed by atoms with Crippen LogP contribution in [-0.2, 0) is 0 Å². The number of nitrogens with zero attached hydrogens (tertiary/aromatic N) is 2. The highest BCUT2D eigenvalue weighted by Gasteiger charge is 2.25. The smallest absolute Gasteiger partial charge is 0.333 e. The molecule has 0 unspecified atom stereocenters. The SMILES string of the molecule is COc1cc(N2C=CCN(c3ccccc3)C2=O)ccc1C(N)=O. The van der Waals surface area contributed by atoms with E-state index in [1.165, 1.54) is 12.0 Å². The standard InChI is InChI=1S/C18H17N3O3/c1-24-16-12-14(8-9-15(16)17(19)22)21-11-5-10-20(18(21)23)13-6-3-2-4-7-13/h2-9,11-12H,10H2,1H3,(H2,19,22). The summed E-state index contributed by atoms with van der Waals surface area (Å²) in [5, 5.41) is 0. The second kappa shape index (κ2) is 6.45. The molecule has 6 heteroatoms. The Kier molecular flexibility index (Phi) is 4.20. The zero-order valence-corrected chi connectivity index (χ0v) is 13.2. The van der Waals surface area contributed by atoms with Gasteiger partial charge >= 0.3 is 6.03 Å². The first-order chi connectivity index (χ1) is 11.6. The number of carbonyl (C=O) groups excluding carboxylic acids is 2. The molecule has 6 nitrogen and oxygen atoms in total. The molecule has 1 heterocycles. The monoisotopic (exact) mass is 323 g/mol. The van der Waals surface area contributed by atoms with Crippen molar-refractivity contribution in [1.82, 2.24) is 0 Å². The zero-order valence-electron chi connectivity index (χ0n) is 13.2. The maximum absolute atomic E-state index is 12.8.